The van der Waals surface area contributed by atoms with Crippen LogP contribution in [0.2, 0.25) is 0 Å². The molecule has 1 aromatic heterocycles. The molecule has 1 fully saturated rings. The first-order chi connectivity index (χ1) is 9.13. The van der Waals surface area contributed by atoms with Gasteiger partial charge in [-0.1, -0.05) is 13.0 Å². The van der Waals surface area contributed by atoms with Crippen LogP contribution in [0.4, 0.5) is 8.78 Å². The molecular weight excluding hydrogens is 250 g/mol. The number of halogens is 2. The van der Waals surface area contributed by atoms with E-state index >= 15 is 0 Å². The van der Waals surface area contributed by atoms with E-state index in [-0.39, 0.29) is 5.92 Å². The molecular formula is C14H12F2N2O. The lowest BCUT2D eigenvalue weighted by Crippen LogP contribution is -2.20. The Labute approximate surface area is 109 Å². The number of ether oxygens (including phenoxy) is 1. The summed E-state index contributed by atoms with van der Waals surface area (Å²) in [7, 11) is 0. The number of epoxide rings is 1. The Bertz CT molecular complexity index is 600. The summed E-state index contributed by atoms with van der Waals surface area (Å²) in [5, 5.41) is 7.85. The van der Waals surface area contributed by atoms with E-state index in [1.807, 2.05) is 13.0 Å². The van der Waals surface area contributed by atoms with Gasteiger partial charge in [0.25, 0.3) is 0 Å². The van der Waals surface area contributed by atoms with Gasteiger partial charge in [-0.05, 0) is 18.2 Å². The molecule has 1 aliphatic heterocycles. The lowest BCUT2D eigenvalue weighted by atomic mass is 9.85. The lowest BCUT2D eigenvalue weighted by molar-refractivity contribution is 0.263. The number of benzene rings is 1. The molecule has 0 aliphatic carbocycles. The average molecular weight is 262 g/mol. The van der Waals surface area contributed by atoms with Gasteiger partial charge in [0.15, 0.2) is 0 Å². The summed E-state index contributed by atoms with van der Waals surface area (Å²) < 4.78 is 32.4. The minimum absolute atomic E-state index is 0.152. The normalized spacial score (nSPS) is 23.1. The Hall–Kier alpha value is -1.88. The van der Waals surface area contributed by atoms with Crippen molar-refractivity contribution < 1.29 is 13.5 Å². The highest BCUT2D eigenvalue weighted by Gasteiger charge is 2.53. The maximum Gasteiger partial charge on any atom is 0.132 e. The Morgan fingerprint density at radius 2 is 2.11 bits per heavy atom. The number of aromatic nitrogens is 2. The molecule has 2 aromatic rings. The van der Waals surface area contributed by atoms with Crippen LogP contribution in [-0.4, -0.2) is 16.8 Å². The summed E-state index contributed by atoms with van der Waals surface area (Å²) in [6, 6.07) is 7.15. The zero-order valence-corrected chi connectivity index (χ0v) is 10.3. The predicted octanol–water partition coefficient (Wildman–Crippen LogP) is 2.78. The third-order valence-corrected chi connectivity index (χ3v) is 3.58. The van der Waals surface area contributed by atoms with Crippen molar-refractivity contribution in [1.29, 1.82) is 0 Å². The van der Waals surface area contributed by atoms with Gasteiger partial charge in [-0.25, -0.2) is 8.78 Å². The second kappa shape index (κ2) is 4.35. The number of rotatable bonds is 3. The molecule has 1 saturated heterocycles. The summed E-state index contributed by atoms with van der Waals surface area (Å²) >= 11 is 0. The van der Waals surface area contributed by atoms with Crippen LogP contribution in [0.3, 0.4) is 0 Å². The van der Waals surface area contributed by atoms with E-state index in [1.54, 1.807) is 12.3 Å². The van der Waals surface area contributed by atoms with Gasteiger partial charge in [-0.15, -0.1) is 0 Å². The molecule has 3 rings (SSSR count). The molecule has 19 heavy (non-hydrogen) atoms. The molecule has 0 saturated carbocycles. The maximum atomic E-state index is 13.9. The van der Waals surface area contributed by atoms with Gasteiger partial charge in [0.1, 0.15) is 17.2 Å². The van der Waals surface area contributed by atoms with Gasteiger partial charge in [0.2, 0.25) is 0 Å². The van der Waals surface area contributed by atoms with Crippen molar-refractivity contribution in [3.63, 3.8) is 0 Å². The molecule has 3 nitrogen and oxygen atoms in total. The quantitative estimate of drug-likeness (QED) is 0.798. The average Bonchev–Trinajstić information content (AvgIpc) is 3.20. The van der Waals surface area contributed by atoms with E-state index in [9.17, 15) is 8.78 Å². The highest BCUT2D eigenvalue weighted by molar-refractivity contribution is 5.33. The molecule has 5 heteroatoms. The third-order valence-electron chi connectivity index (χ3n) is 3.58. The Kier molecular flexibility index (Phi) is 2.78. The van der Waals surface area contributed by atoms with E-state index in [0.717, 1.165) is 11.8 Å². The summed E-state index contributed by atoms with van der Waals surface area (Å²) in [6.07, 6.45) is 1.58. The molecule has 2 atom stereocenters. The largest absolute Gasteiger partial charge is 0.364 e. The van der Waals surface area contributed by atoms with Crippen LogP contribution in [0.25, 0.3) is 0 Å². The molecule has 1 aromatic carbocycles. The van der Waals surface area contributed by atoms with Crippen molar-refractivity contribution >= 4 is 0 Å². The second-order valence-corrected chi connectivity index (χ2v) is 4.67. The van der Waals surface area contributed by atoms with Gasteiger partial charge < -0.3 is 4.74 Å². The fraction of sp³-hybridized carbons (Fsp3) is 0.286. The minimum atomic E-state index is -0.756. The summed E-state index contributed by atoms with van der Waals surface area (Å²) in [6.45, 7) is 2.30. The van der Waals surface area contributed by atoms with Crippen molar-refractivity contribution in [2.24, 2.45) is 0 Å². The number of hydrogen-bond donors (Lipinski definition) is 0. The zero-order valence-electron chi connectivity index (χ0n) is 10.3. The van der Waals surface area contributed by atoms with E-state index in [0.29, 0.717) is 12.2 Å². The van der Waals surface area contributed by atoms with Crippen LogP contribution >= 0.6 is 0 Å². The van der Waals surface area contributed by atoms with E-state index in [2.05, 4.69) is 10.2 Å². The predicted molar refractivity (Wildman–Crippen MR) is 64.4 cm³/mol. The van der Waals surface area contributed by atoms with Crippen molar-refractivity contribution in [2.45, 2.75) is 18.4 Å². The van der Waals surface area contributed by atoms with Crippen molar-refractivity contribution in [1.82, 2.24) is 10.2 Å². The molecule has 0 amide bonds. The van der Waals surface area contributed by atoms with E-state index < -0.39 is 17.2 Å². The molecule has 2 heterocycles. The van der Waals surface area contributed by atoms with Crippen molar-refractivity contribution in [3.05, 3.63) is 59.4 Å². The van der Waals surface area contributed by atoms with Crippen LogP contribution in [0.15, 0.2) is 36.5 Å². The van der Waals surface area contributed by atoms with Gasteiger partial charge in [0.05, 0.1) is 12.3 Å². The number of nitrogens with zero attached hydrogens (tertiary/aromatic N) is 2. The van der Waals surface area contributed by atoms with Crippen LogP contribution in [0.1, 0.15) is 24.1 Å². The maximum absolute atomic E-state index is 13.9. The summed E-state index contributed by atoms with van der Waals surface area (Å²) in [4.78, 5) is 0. The number of hydrogen-bond acceptors (Lipinski definition) is 3. The summed E-state index contributed by atoms with van der Waals surface area (Å²) in [5.74, 6) is -1.33. The molecule has 98 valence electrons. The standard InChI is InChI=1S/C14H12F2N2O/c1-9(13-3-2-6-17-18-13)14(8-19-14)11-5-4-10(15)7-12(11)16/h2-7,9H,8H2,1H3. The van der Waals surface area contributed by atoms with Crippen LogP contribution in [-0.2, 0) is 10.3 Å². The molecule has 2 unspecified atom stereocenters. The first kappa shape index (κ1) is 12.2. The van der Waals surface area contributed by atoms with Gasteiger partial charge >= 0.3 is 0 Å². The zero-order chi connectivity index (χ0) is 13.5. The molecule has 1 aliphatic rings. The third kappa shape index (κ3) is 2.00. The van der Waals surface area contributed by atoms with Gasteiger partial charge in [0, 0.05) is 23.7 Å². The summed E-state index contributed by atoms with van der Waals surface area (Å²) in [5.41, 5.74) is 0.337. The Morgan fingerprint density at radius 3 is 2.68 bits per heavy atom. The molecule has 0 radical (unpaired) electrons. The Balaban J connectivity index is 1.99. The smallest absolute Gasteiger partial charge is 0.132 e. The molecule has 0 bridgehead atoms. The van der Waals surface area contributed by atoms with Crippen molar-refractivity contribution in [3.8, 4) is 0 Å². The lowest BCUT2D eigenvalue weighted by Gasteiger charge is -2.20. The van der Waals surface area contributed by atoms with Crippen molar-refractivity contribution in [2.75, 3.05) is 6.61 Å². The highest BCUT2D eigenvalue weighted by atomic mass is 19.1. The van der Waals surface area contributed by atoms with E-state index in [4.69, 9.17) is 4.74 Å². The fourth-order valence-corrected chi connectivity index (χ4v) is 2.33. The van der Waals surface area contributed by atoms with Crippen LogP contribution in [0, 0.1) is 11.6 Å². The van der Waals surface area contributed by atoms with Gasteiger partial charge in [-0.2, -0.15) is 10.2 Å². The van der Waals surface area contributed by atoms with Crippen LogP contribution < -0.4 is 0 Å². The first-order valence-electron chi connectivity index (χ1n) is 6.00. The fourth-order valence-electron chi connectivity index (χ4n) is 2.33. The highest BCUT2D eigenvalue weighted by Crippen LogP contribution is 2.50. The second-order valence-electron chi connectivity index (χ2n) is 4.67. The molecule has 0 N–H and O–H groups in total. The monoisotopic (exact) mass is 262 g/mol. The van der Waals surface area contributed by atoms with E-state index in [1.165, 1.54) is 12.1 Å². The SMILES string of the molecule is CC(c1cccnn1)C1(c2ccc(F)cc2F)CO1. The van der Waals surface area contributed by atoms with Crippen LogP contribution in [0.5, 0.6) is 0 Å². The first-order valence-corrected chi connectivity index (χ1v) is 6.00. The Morgan fingerprint density at radius 1 is 1.32 bits per heavy atom. The molecule has 0 spiro atoms. The topological polar surface area (TPSA) is 38.3 Å². The minimum Gasteiger partial charge on any atom is -0.364 e. The van der Waals surface area contributed by atoms with Gasteiger partial charge in [-0.3, -0.25) is 0 Å².